The Labute approximate surface area is 131 Å². The Morgan fingerprint density at radius 2 is 2.00 bits per heavy atom. The molecule has 1 aromatic heterocycles. The Kier molecular flexibility index (Phi) is 5.70. The van der Waals surface area contributed by atoms with Crippen LogP contribution in [0.15, 0.2) is 42.7 Å². The number of unbranched alkanes of at least 4 members (excludes halogenated alkanes) is 1. The van der Waals surface area contributed by atoms with Gasteiger partial charge in [0.25, 0.3) is 10.2 Å². The van der Waals surface area contributed by atoms with Crippen LogP contribution in [0.25, 0.3) is 5.69 Å². The lowest BCUT2D eigenvalue weighted by Crippen LogP contribution is -2.38. The molecule has 0 atom stereocenters. The van der Waals surface area contributed by atoms with Crippen molar-refractivity contribution in [2.45, 2.75) is 26.3 Å². The summed E-state index contributed by atoms with van der Waals surface area (Å²) in [7, 11) is -1.85. The fraction of sp³-hybridized carbons (Fsp3) is 0.400. The van der Waals surface area contributed by atoms with E-state index in [0.717, 1.165) is 24.1 Å². The third-order valence-corrected chi connectivity index (χ3v) is 4.86. The zero-order chi connectivity index (χ0) is 16.0. The molecule has 2 rings (SSSR count). The number of benzene rings is 1. The number of para-hydroxylation sites is 1. The maximum Gasteiger partial charge on any atom is 0.279 e. The fourth-order valence-corrected chi connectivity index (χ4v) is 2.90. The van der Waals surface area contributed by atoms with Crippen LogP contribution in [-0.2, 0) is 16.8 Å². The topological polar surface area (TPSA) is 67.2 Å². The van der Waals surface area contributed by atoms with Crippen molar-refractivity contribution in [2.75, 3.05) is 13.6 Å². The van der Waals surface area contributed by atoms with Crippen LogP contribution in [0.3, 0.4) is 0 Å². The molecular formula is C15H22N4O2S. The average molecular weight is 322 g/mol. The molecule has 0 spiro atoms. The number of nitrogens with zero attached hydrogens (tertiary/aromatic N) is 3. The molecule has 1 N–H and O–H groups in total. The van der Waals surface area contributed by atoms with Crippen LogP contribution in [0, 0.1) is 0 Å². The molecule has 0 radical (unpaired) electrons. The average Bonchev–Trinajstić information content (AvgIpc) is 3.00. The van der Waals surface area contributed by atoms with Crippen molar-refractivity contribution in [3.05, 3.63) is 48.3 Å². The van der Waals surface area contributed by atoms with E-state index < -0.39 is 10.2 Å². The molecule has 6 nitrogen and oxygen atoms in total. The van der Waals surface area contributed by atoms with Crippen LogP contribution in [-0.4, -0.2) is 36.1 Å². The third kappa shape index (κ3) is 4.40. The molecule has 0 amide bonds. The van der Waals surface area contributed by atoms with E-state index in [1.165, 1.54) is 4.31 Å². The zero-order valence-electron chi connectivity index (χ0n) is 12.9. The van der Waals surface area contributed by atoms with Crippen LogP contribution < -0.4 is 4.72 Å². The number of hydrogen-bond acceptors (Lipinski definition) is 3. The quantitative estimate of drug-likeness (QED) is 0.807. The normalized spacial score (nSPS) is 12.0. The Hall–Kier alpha value is -1.70. The van der Waals surface area contributed by atoms with Crippen molar-refractivity contribution in [1.82, 2.24) is 18.8 Å². The largest absolute Gasteiger partial charge is 0.279 e. The number of nitrogens with one attached hydrogen (secondary N) is 1. The molecule has 0 saturated carbocycles. The maximum atomic E-state index is 12.1. The lowest BCUT2D eigenvalue weighted by atomic mass is 10.3. The molecule has 120 valence electrons. The lowest BCUT2D eigenvalue weighted by Gasteiger charge is -2.16. The predicted octanol–water partition coefficient (Wildman–Crippen LogP) is 1.94. The highest BCUT2D eigenvalue weighted by atomic mass is 32.2. The molecule has 0 saturated heterocycles. The van der Waals surface area contributed by atoms with Crippen molar-refractivity contribution in [2.24, 2.45) is 0 Å². The first-order valence-electron chi connectivity index (χ1n) is 7.33. The summed E-state index contributed by atoms with van der Waals surface area (Å²) in [5, 5.41) is 4.25. The minimum absolute atomic E-state index is 0.228. The number of aromatic nitrogens is 2. The van der Waals surface area contributed by atoms with E-state index in [4.69, 9.17) is 0 Å². The Bertz CT molecular complexity index is 683. The summed E-state index contributed by atoms with van der Waals surface area (Å²) in [4.78, 5) is 0. The second-order valence-corrected chi connectivity index (χ2v) is 6.99. The van der Waals surface area contributed by atoms with Crippen molar-refractivity contribution in [1.29, 1.82) is 0 Å². The van der Waals surface area contributed by atoms with E-state index in [2.05, 4.69) is 9.82 Å². The molecule has 0 bridgehead atoms. The van der Waals surface area contributed by atoms with Gasteiger partial charge < -0.3 is 0 Å². The first kappa shape index (κ1) is 16.7. The first-order valence-corrected chi connectivity index (χ1v) is 8.77. The van der Waals surface area contributed by atoms with E-state index in [-0.39, 0.29) is 6.54 Å². The summed E-state index contributed by atoms with van der Waals surface area (Å²) in [5.74, 6) is 0. The zero-order valence-corrected chi connectivity index (χ0v) is 13.8. The predicted molar refractivity (Wildman–Crippen MR) is 86.9 cm³/mol. The van der Waals surface area contributed by atoms with Gasteiger partial charge in [-0.25, -0.2) is 4.68 Å². The highest BCUT2D eigenvalue weighted by molar-refractivity contribution is 7.87. The third-order valence-electron chi connectivity index (χ3n) is 3.35. The Balaban J connectivity index is 1.96. The van der Waals surface area contributed by atoms with Crippen LogP contribution >= 0.6 is 0 Å². The van der Waals surface area contributed by atoms with Gasteiger partial charge in [-0.05, 0) is 18.6 Å². The lowest BCUT2D eigenvalue weighted by molar-refractivity contribution is 0.448. The van der Waals surface area contributed by atoms with Crippen molar-refractivity contribution in [3.8, 4) is 5.69 Å². The van der Waals surface area contributed by atoms with Crippen molar-refractivity contribution < 1.29 is 8.42 Å². The molecular weight excluding hydrogens is 300 g/mol. The molecule has 0 aliphatic rings. The summed E-state index contributed by atoms with van der Waals surface area (Å²) in [6.45, 7) is 2.78. The summed E-state index contributed by atoms with van der Waals surface area (Å²) in [5.41, 5.74) is 1.76. The molecule has 0 unspecified atom stereocenters. The van der Waals surface area contributed by atoms with Gasteiger partial charge >= 0.3 is 0 Å². The van der Waals surface area contributed by atoms with E-state index in [9.17, 15) is 8.42 Å². The van der Waals surface area contributed by atoms with E-state index in [0.29, 0.717) is 6.54 Å². The smallest absolute Gasteiger partial charge is 0.241 e. The van der Waals surface area contributed by atoms with Gasteiger partial charge in [0, 0.05) is 31.9 Å². The fourth-order valence-electron chi connectivity index (χ4n) is 1.96. The van der Waals surface area contributed by atoms with Crippen molar-refractivity contribution in [3.63, 3.8) is 0 Å². The molecule has 1 aromatic carbocycles. The van der Waals surface area contributed by atoms with E-state index in [1.54, 1.807) is 17.9 Å². The van der Waals surface area contributed by atoms with Gasteiger partial charge in [0.05, 0.1) is 11.9 Å². The van der Waals surface area contributed by atoms with Crippen LogP contribution in [0.2, 0.25) is 0 Å². The summed E-state index contributed by atoms with van der Waals surface area (Å²) >= 11 is 0. The molecule has 2 aromatic rings. The number of rotatable bonds is 8. The maximum absolute atomic E-state index is 12.1. The van der Waals surface area contributed by atoms with Gasteiger partial charge in [0.15, 0.2) is 0 Å². The molecule has 22 heavy (non-hydrogen) atoms. The van der Waals surface area contributed by atoms with Crippen LogP contribution in [0.5, 0.6) is 0 Å². The molecule has 1 heterocycles. The number of hydrogen-bond donors (Lipinski definition) is 1. The van der Waals surface area contributed by atoms with Gasteiger partial charge in [0.1, 0.15) is 0 Å². The van der Waals surface area contributed by atoms with Gasteiger partial charge in [-0.3, -0.25) is 0 Å². The summed E-state index contributed by atoms with van der Waals surface area (Å²) in [6, 6.07) is 9.69. The Morgan fingerprint density at radius 1 is 1.27 bits per heavy atom. The first-order chi connectivity index (χ1) is 10.5. The van der Waals surface area contributed by atoms with Gasteiger partial charge in [-0.15, -0.1) is 0 Å². The molecule has 0 aliphatic carbocycles. The highest BCUT2D eigenvalue weighted by Crippen LogP contribution is 2.08. The Morgan fingerprint density at radius 3 is 2.68 bits per heavy atom. The second-order valence-electron chi connectivity index (χ2n) is 5.13. The van der Waals surface area contributed by atoms with E-state index in [1.807, 2.05) is 43.5 Å². The minimum atomic E-state index is -3.44. The van der Waals surface area contributed by atoms with Crippen LogP contribution in [0.1, 0.15) is 25.3 Å². The van der Waals surface area contributed by atoms with Gasteiger partial charge in [0.2, 0.25) is 0 Å². The minimum Gasteiger partial charge on any atom is -0.241 e. The van der Waals surface area contributed by atoms with Gasteiger partial charge in [-0.2, -0.15) is 22.5 Å². The van der Waals surface area contributed by atoms with Crippen LogP contribution in [0.4, 0.5) is 0 Å². The molecule has 0 fully saturated rings. The highest BCUT2D eigenvalue weighted by Gasteiger charge is 2.16. The van der Waals surface area contributed by atoms with Crippen molar-refractivity contribution >= 4 is 10.2 Å². The summed E-state index contributed by atoms with van der Waals surface area (Å²) < 4.78 is 29.8. The van der Waals surface area contributed by atoms with E-state index >= 15 is 0 Å². The molecule has 7 heteroatoms. The SMILES string of the molecule is CCCCN(C)S(=O)(=O)NCc1cnn(-c2ccccc2)c1. The second kappa shape index (κ2) is 7.53. The molecule has 0 aliphatic heterocycles. The standard InChI is InChI=1S/C15H22N4O2S/c1-3-4-10-18(2)22(20,21)17-12-14-11-16-19(13-14)15-8-6-5-7-9-15/h5-9,11,13,17H,3-4,10,12H2,1-2H3. The monoisotopic (exact) mass is 322 g/mol. The summed E-state index contributed by atoms with van der Waals surface area (Å²) in [6.07, 6.45) is 5.30. The van der Waals surface area contributed by atoms with Gasteiger partial charge in [-0.1, -0.05) is 31.5 Å².